The van der Waals surface area contributed by atoms with Gasteiger partial charge in [0.15, 0.2) is 0 Å². The molecule has 92 valence electrons. The standard InChI is InChI=1S/C8H12O7S.Li/c9-7(10)4-2-1-3-5(16(13,14)15)6(4)8(11)12;/h4-6H,1-3H2,(H,9,10)(H,11,12)(H,13,14,15);/q;+1/p-1. The zero-order chi connectivity index (χ0) is 12.5. The van der Waals surface area contributed by atoms with Crippen LogP contribution in [0.3, 0.4) is 0 Å². The molecule has 3 atom stereocenters. The maximum absolute atomic E-state index is 10.9. The summed E-state index contributed by atoms with van der Waals surface area (Å²) in [5.74, 6) is -5.87. The van der Waals surface area contributed by atoms with Crippen LogP contribution in [0.5, 0.6) is 0 Å². The second kappa shape index (κ2) is 5.86. The molecule has 3 unspecified atom stereocenters. The van der Waals surface area contributed by atoms with E-state index in [0.717, 1.165) is 0 Å². The normalized spacial score (nSPS) is 29.1. The average Bonchev–Trinajstić information content (AvgIpc) is 2.14. The molecule has 1 rings (SSSR count). The molecule has 17 heavy (non-hydrogen) atoms. The zero-order valence-electron chi connectivity index (χ0n) is 9.20. The fourth-order valence-electron chi connectivity index (χ4n) is 2.09. The van der Waals surface area contributed by atoms with Gasteiger partial charge in [-0.05, 0) is 12.8 Å². The van der Waals surface area contributed by atoms with Crippen LogP contribution in [0.25, 0.3) is 0 Å². The quantitative estimate of drug-likeness (QED) is 0.396. The molecule has 1 saturated carbocycles. The number of aliphatic carboxylic acids is 2. The second-order valence-electron chi connectivity index (χ2n) is 3.77. The first-order valence-electron chi connectivity index (χ1n) is 4.65. The minimum Gasteiger partial charge on any atom is -0.748 e. The molecule has 2 N–H and O–H groups in total. The fraction of sp³-hybridized carbons (Fsp3) is 0.750. The number of carbonyl (C=O) groups is 2. The molecule has 9 heteroatoms. The van der Waals surface area contributed by atoms with Crippen LogP contribution in [-0.4, -0.2) is 40.4 Å². The maximum atomic E-state index is 10.9. The van der Waals surface area contributed by atoms with E-state index in [4.69, 9.17) is 10.2 Å². The van der Waals surface area contributed by atoms with Crippen LogP contribution in [0, 0.1) is 11.8 Å². The van der Waals surface area contributed by atoms with E-state index in [1.807, 2.05) is 0 Å². The van der Waals surface area contributed by atoms with Crippen LogP contribution in [0.2, 0.25) is 0 Å². The van der Waals surface area contributed by atoms with E-state index < -0.39 is 39.1 Å². The summed E-state index contributed by atoms with van der Waals surface area (Å²) in [5, 5.41) is 16.0. The van der Waals surface area contributed by atoms with E-state index >= 15 is 0 Å². The number of rotatable bonds is 3. The van der Waals surface area contributed by atoms with E-state index in [2.05, 4.69) is 0 Å². The third kappa shape index (κ3) is 3.71. The van der Waals surface area contributed by atoms with Crippen molar-refractivity contribution >= 4 is 22.1 Å². The van der Waals surface area contributed by atoms with Gasteiger partial charge in [0.1, 0.15) is 0 Å². The van der Waals surface area contributed by atoms with Crippen molar-refractivity contribution in [3.8, 4) is 0 Å². The Hall–Kier alpha value is -0.553. The van der Waals surface area contributed by atoms with E-state index in [1.54, 1.807) is 0 Å². The Labute approximate surface area is 110 Å². The van der Waals surface area contributed by atoms with Crippen LogP contribution in [0.15, 0.2) is 0 Å². The van der Waals surface area contributed by atoms with Gasteiger partial charge in [0.05, 0.1) is 27.2 Å². The van der Waals surface area contributed by atoms with Crippen molar-refractivity contribution < 1.29 is 51.6 Å². The predicted octanol–water partition coefficient (Wildman–Crippen LogP) is -3.51. The summed E-state index contributed by atoms with van der Waals surface area (Å²) in [6, 6.07) is 0. The first kappa shape index (κ1) is 16.4. The molecule has 1 fully saturated rings. The van der Waals surface area contributed by atoms with Crippen LogP contribution in [0.1, 0.15) is 19.3 Å². The van der Waals surface area contributed by atoms with Crippen LogP contribution in [-0.2, 0) is 19.7 Å². The molecule has 0 aromatic carbocycles. The van der Waals surface area contributed by atoms with Gasteiger partial charge >= 0.3 is 30.8 Å². The van der Waals surface area contributed by atoms with E-state index in [9.17, 15) is 22.6 Å². The van der Waals surface area contributed by atoms with Gasteiger partial charge in [-0.1, -0.05) is 6.42 Å². The maximum Gasteiger partial charge on any atom is 1.00 e. The summed E-state index contributed by atoms with van der Waals surface area (Å²) in [7, 11) is -4.78. The van der Waals surface area contributed by atoms with Crippen molar-refractivity contribution in [2.75, 3.05) is 0 Å². The summed E-state index contributed by atoms with van der Waals surface area (Å²) in [4.78, 5) is 21.6. The molecule has 0 amide bonds. The number of hydrogen-bond acceptors (Lipinski definition) is 5. The van der Waals surface area contributed by atoms with Gasteiger partial charge in [0.2, 0.25) is 0 Å². The molecular formula is C8H11LiO7S. The minimum absolute atomic E-state index is 0. The van der Waals surface area contributed by atoms with Crippen LogP contribution in [0.4, 0.5) is 0 Å². The molecule has 0 heterocycles. The van der Waals surface area contributed by atoms with Gasteiger partial charge in [-0.3, -0.25) is 9.59 Å². The van der Waals surface area contributed by atoms with Crippen molar-refractivity contribution in [1.82, 2.24) is 0 Å². The van der Waals surface area contributed by atoms with Crippen molar-refractivity contribution in [1.29, 1.82) is 0 Å². The van der Waals surface area contributed by atoms with Crippen LogP contribution < -0.4 is 18.9 Å². The summed E-state index contributed by atoms with van der Waals surface area (Å²) in [6.07, 6.45) is 0.220. The van der Waals surface area contributed by atoms with Crippen molar-refractivity contribution in [3.05, 3.63) is 0 Å². The molecule has 0 spiro atoms. The average molecular weight is 258 g/mol. The Morgan fingerprint density at radius 1 is 1.12 bits per heavy atom. The smallest absolute Gasteiger partial charge is 0.748 e. The molecule has 0 aliphatic heterocycles. The minimum atomic E-state index is -4.78. The summed E-state index contributed by atoms with van der Waals surface area (Å²) in [6.45, 7) is 0. The first-order valence-corrected chi connectivity index (χ1v) is 6.12. The van der Waals surface area contributed by atoms with Gasteiger partial charge in [-0.2, -0.15) is 0 Å². The zero-order valence-corrected chi connectivity index (χ0v) is 10.0. The van der Waals surface area contributed by atoms with Gasteiger partial charge in [0.25, 0.3) is 0 Å². The van der Waals surface area contributed by atoms with Gasteiger partial charge in [-0.15, -0.1) is 0 Å². The Bertz CT molecular complexity index is 404. The first-order chi connectivity index (χ1) is 7.25. The Kier molecular flexibility index (Phi) is 5.67. The summed E-state index contributed by atoms with van der Waals surface area (Å²) >= 11 is 0. The van der Waals surface area contributed by atoms with Gasteiger partial charge < -0.3 is 14.8 Å². The molecular weight excluding hydrogens is 247 g/mol. The molecule has 1 aliphatic carbocycles. The number of carboxylic acids is 2. The molecule has 0 radical (unpaired) electrons. The fourth-order valence-corrected chi connectivity index (χ4v) is 3.21. The monoisotopic (exact) mass is 258 g/mol. The summed E-state index contributed by atoms with van der Waals surface area (Å²) in [5.41, 5.74) is 0. The molecule has 0 saturated heterocycles. The largest absolute Gasteiger partial charge is 1.00 e. The van der Waals surface area contributed by atoms with E-state index in [1.165, 1.54) is 0 Å². The van der Waals surface area contributed by atoms with Crippen molar-refractivity contribution in [2.24, 2.45) is 11.8 Å². The van der Waals surface area contributed by atoms with Crippen LogP contribution >= 0.6 is 0 Å². The third-order valence-corrected chi connectivity index (χ3v) is 4.08. The van der Waals surface area contributed by atoms with E-state index in [-0.39, 0.29) is 38.1 Å². The molecule has 0 aromatic heterocycles. The molecule has 1 aliphatic rings. The van der Waals surface area contributed by atoms with Crippen molar-refractivity contribution in [3.63, 3.8) is 0 Å². The predicted molar refractivity (Wildman–Crippen MR) is 49.6 cm³/mol. The van der Waals surface area contributed by atoms with Crippen molar-refractivity contribution in [2.45, 2.75) is 24.5 Å². The van der Waals surface area contributed by atoms with Gasteiger partial charge in [-0.25, -0.2) is 8.42 Å². The topological polar surface area (TPSA) is 132 Å². The summed E-state index contributed by atoms with van der Waals surface area (Å²) < 4.78 is 32.6. The number of hydrogen-bond donors (Lipinski definition) is 2. The molecule has 0 bridgehead atoms. The molecule has 0 aromatic rings. The third-order valence-electron chi connectivity index (χ3n) is 2.81. The SMILES string of the molecule is O=C(O)C1CCCC(S(=O)(=O)[O-])C1C(=O)O.[Li+]. The second-order valence-corrected chi connectivity index (χ2v) is 5.36. The van der Waals surface area contributed by atoms with E-state index in [0.29, 0.717) is 0 Å². The molecule has 7 nitrogen and oxygen atoms in total. The number of carboxylic acid groups (broad SMARTS) is 2. The van der Waals surface area contributed by atoms with Gasteiger partial charge in [0, 0.05) is 0 Å². The Balaban J connectivity index is 0.00000256. The Morgan fingerprint density at radius 3 is 2.00 bits per heavy atom. The Morgan fingerprint density at radius 2 is 1.65 bits per heavy atom.